The zero-order valence-electron chi connectivity index (χ0n) is 20.6. The van der Waals surface area contributed by atoms with Crippen LogP contribution in [0.3, 0.4) is 0 Å². The van der Waals surface area contributed by atoms with Crippen molar-refractivity contribution < 1.29 is 29.0 Å². The number of ether oxygens (including phenoxy) is 2. The lowest BCUT2D eigenvalue weighted by Gasteiger charge is -2.56. The molecule has 9 heteroatoms. The maximum Gasteiger partial charge on any atom is 0.255 e. The number of benzene rings is 1. The molecule has 1 unspecified atom stereocenters. The molecule has 0 bridgehead atoms. The van der Waals surface area contributed by atoms with E-state index in [1.54, 1.807) is 11.0 Å². The third-order valence-electron chi connectivity index (χ3n) is 8.85. The zero-order valence-corrected chi connectivity index (χ0v) is 20.6. The molecule has 1 aliphatic carbocycles. The van der Waals surface area contributed by atoms with Crippen LogP contribution < -0.4 is 10.1 Å². The Morgan fingerprint density at radius 1 is 1.03 bits per heavy atom. The van der Waals surface area contributed by atoms with Crippen molar-refractivity contribution in [3.63, 3.8) is 0 Å². The van der Waals surface area contributed by atoms with Crippen LogP contribution in [0, 0.1) is 5.92 Å². The van der Waals surface area contributed by atoms with Gasteiger partial charge >= 0.3 is 0 Å². The first kappa shape index (κ1) is 23.9. The van der Waals surface area contributed by atoms with Crippen LogP contribution in [0.15, 0.2) is 18.2 Å². The van der Waals surface area contributed by atoms with Gasteiger partial charge in [-0.25, -0.2) is 0 Å². The first-order valence-electron chi connectivity index (χ1n) is 13.4. The minimum absolute atomic E-state index is 0.0411. The van der Waals surface area contributed by atoms with Crippen molar-refractivity contribution in [2.75, 3.05) is 26.3 Å². The van der Waals surface area contributed by atoms with Crippen molar-refractivity contribution in [1.29, 1.82) is 0 Å². The van der Waals surface area contributed by atoms with Crippen LogP contribution >= 0.6 is 0 Å². The third-order valence-corrected chi connectivity index (χ3v) is 8.85. The molecule has 4 heterocycles. The molecule has 4 fully saturated rings. The summed E-state index contributed by atoms with van der Waals surface area (Å²) in [5, 5.41) is 13.5. The molecule has 2 N–H and O–H groups in total. The molecule has 1 aromatic rings. The van der Waals surface area contributed by atoms with Gasteiger partial charge in [-0.3, -0.25) is 24.6 Å². The molecule has 1 aromatic carbocycles. The average molecular weight is 498 g/mol. The van der Waals surface area contributed by atoms with Crippen molar-refractivity contribution >= 4 is 17.7 Å². The lowest BCUT2D eigenvalue weighted by Crippen LogP contribution is -2.70. The van der Waals surface area contributed by atoms with Gasteiger partial charge in [0.15, 0.2) is 0 Å². The van der Waals surface area contributed by atoms with Crippen LogP contribution in [0.1, 0.15) is 67.3 Å². The van der Waals surface area contributed by atoms with Crippen LogP contribution in [0.2, 0.25) is 0 Å². The van der Waals surface area contributed by atoms with Gasteiger partial charge in [-0.05, 0) is 68.2 Å². The molecule has 0 spiro atoms. The SMILES string of the molecule is O=C1CCC(N2Cc3cc(O[C@@H]4CCCC[C@H]4N4CC(O)(C5CCOCC5)C4)ccc3C2=O)C(=O)N1. The van der Waals surface area contributed by atoms with E-state index in [1.165, 1.54) is 0 Å². The molecular weight excluding hydrogens is 462 g/mol. The van der Waals surface area contributed by atoms with E-state index < -0.39 is 17.6 Å². The van der Waals surface area contributed by atoms with Crippen LogP contribution in [0.5, 0.6) is 5.75 Å². The smallest absolute Gasteiger partial charge is 0.255 e. The van der Waals surface area contributed by atoms with E-state index in [-0.39, 0.29) is 30.4 Å². The zero-order chi connectivity index (χ0) is 24.9. The fraction of sp³-hybridized carbons (Fsp3) is 0.667. The Balaban J connectivity index is 1.11. The number of carbonyl (C=O) groups is 3. The van der Waals surface area contributed by atoms with Crippen molar-refractivity contribution in [2.45, 2.75) is 81.7 Å². The second-order valence-electron chi connectivity index (χ2n) is 11.1. The number of nitrogens with one attached hydrogen (secondary N) is 1. The topological polar surface area (TPSA) is 108 Å². The summed E-state index contributed by atoms with van der Waals surface area (Å²) in [4.78, 5) is 40.8. The number of imide groups is 1. The van der Waals surface area contributed by atoms with E-state index in [0.717, 1.165) is 63.1 Å². The number of likely N-dealkylation sites (tertiary alicyclic amines) is 1. The second-order valence-corrected chi connectivity index (χ2v) is 11.1. The van der Waals surface area contributed by atoms with Gasteiger partial charge in [0.05, 0.1) is 5.60 Å². The Kier molecular flexibility index (Phi) is 6.25. The fourth-order valence-corrected chi connectivity index (χ4v) is 6.82. The molecular formula is C27H35N3O6. The van der Waals surface area contributed by atoms with Gasteiger partial charge in [-0.15, -0.1) is 0 Å². The van der Waals surface area contributed by atoms with Crippen molar-refractivity contribution in [3.05, 3.63) is 29.3 Å². The summed E-state index contributed by atoms with van der Waals surface area (Å²) in [6, 6.07) is 5.23. The number of aliphatic hydroxyl groups is 1. The Morgan fingerprint density at radius 3 is 2.58 bits per heavy atom. The highest BCUT2D eigenvalue weighted by Crippen LogP contribution is 2.40. The van der Waals surface area contributed by atoms with Crippen LogP contribution in [-0.2, 0) is 20.9 Å². The molecule has 4 aliphatic heterocycles. The van der Waals surface area contributed by atoms with E-state index in [4.69, 9.17) is 9.47 Å². The highest BCUT2D eigenvalue weighted by atomic mass is 16.5. The Labute approximate surface area is 211 Å². The lowest BCUT2D eigenvalue weighted by molar-refractivity contribution is -0.178. The van der Waals surface area contributed by atoms with Gasteiger partial charge < -0.3 is 19.5 Å². The summed E-state index contributed by atoms with van der Waals surface area (Å²) in [5.74, 6) is 0.195. The normalized spacial score (nSPS) is 31.1. The van der Waals surface area contributed by atoms with Crippen LogP contribution in [0.25, 0.3) is 0 Å². The molecule has 3 saturated heterocycles. The summed E-state index contributed by atoms with van der Waals surface area (Å²) >= 11 is 0. The Morgan fingerprint density at radius 2 is 1.81 bits per heavy atom. The predicted octanol–water partition coefficient (Wildman–Crippen LogP) is 1.61. The minimum Gasteiger partial charge on any atom is -0.489 e. The monoisotopic (exact) mass is 497 g/mol. The van der Waals surface area contributed by atoms with Crippen molar-refractivity contribution in [3.8, 4) is 5.75 Å². The molecule has 3 atom stereocenters. The van der Waals surface area contributed by atoms with Gasteiger partial charge in [0.2, 0.25) is 11.8 Å². The van der Waals surface area contributed by atoms with Gasteiger partial charge in [0.25, 0.3) is 5.91 Å². The van der Waals surface area contributed by atoms with Crippen LogP contribution in [-0.4, -0.2) is 82.7 Å². The number of piperidine rings is 1. The maximum atomic E-state index is 13.0. The molecule has 0 radical (unpaired) electrons. The predicted molar refractivity (Wildman–Crippen MR) is 129 cm³/mol. The summed E-state index contributed by atoms with van der Waals surface area (Å²) in [5.41, 5.74) is 0.836. The van der Waals surface area contributed by atoms with E-state index in [9.17, 15) is 19.5 Å². The minimum atomic E-state index is -0.615. The summed E-state index contributed by atoms with van der Waals surface area (Å²) in [6.07, 6.45) is 6.80. The van der Waals surface area contributed by atoms with E-state index in [1.807, 2.05) is 12.1 Å². The number of amides is 3. The molecule has 194 valence electrons. The molecule has 0 aromatic heterocycles. The summed E-state index contributed by atoms with van der Waals surface area (Å²) in [7, 11) is 0. The maximum absolute atomic E-state index is 13.0. The van der Waals surface area contributed by atoms with Gasteiger partial charge in [0, 0.05) is 50.9 Å². The van der Waals surface area contributed by atoms with E-state index >= 15 is 0 Å². The number of hydrogen-bond acceptors (Lipinski definition) is 7. The number of hydrogen-bond donors (Lipinski definition) is 2. The van der Waals surface area contributed by atoms with Gasteiger partial charge in [0.1, 0.15) is 17.9 Å². The summed E-state index contributed by atoms with van der Waals surface area (Å²) < 4.78 is 12.0. The number of carbonyl (C=O) groups excluding carboxylic acids is 3. The third kappa shape index (κ3) is 4.31. The number of rotatable bonds is 5. The van der Waals surface area contributed by atoms with E-state index in [2.05, 4.69) is 10.2 Å². The van der Waals surface area contributed by atoms with Crippen LogP contribution in [0.4, 0.5) is 0 Å². The molecule has 6 rings (SSSR count). The van der Waals surface area contributed by atoms with Crippen molar-refractivity contribution in [2.24, 2.45) is 5.92 Å². The first-order chi connectivity index (χ1) is 17.4. The Hall–Kier alpha value is -2.49. The molecule has 3 amide bonds. The number of β-amino-alcohol motifs (C(OH)–C–C–N with tert-alkyl or cyclic N) is 1. The largest absolute Gasteiger partial charge is 0.489 e. The lowest BCUT2D eigenvalue weighted by atomic mass is 9.74. The number of nitrogens with zero attached hydrogens (tertiary/aromatic N) is 2. The highest BCUT2D eigenvalue weighted by molar-refractivity contribution is 6.05. The number of fused-ring (bicyclic) bond motifs is 1. The Bertz CT molecular complexity index is 1050. The quantitative estimate of drug-likeness (QED) is 0.595. The van der Waals surface area contributed by atoms with E-state index in [0.29, 0.717) is 37.5 Å². The molecule has 1 saturated carbocycles. The molecule has 5 aliphatic rings. The van der Waals surface area contributed by atoms with Gasteiger partial charge in [-0.2, -0.15) is 0 Å². The second kappa shape index (κ2) is 9.43. The first-order valence-corrected chi connectivity index (χ1v) is 13.4. The average Bonchev–Trinajstić information content (AvgIpc) is 3.18. The van der Waals surface area contributed by atoms with Gasteiger partial charge in [-0.1, -0.05) is 6.42 Å². The summed E-state index contributed by atoms with van der Waals surface area (Å²) in [6.45, 7) is 3.22. The molecule has 36 heavy (non-hydrogen) atoms. The fourth-order valence-electron chi connectivity index (χ4n) is 6.82. The highest BCUT2D eigenvalue weighted by Gasteiger charge is 2.51. The van der Waals surface area contributed by atoms with Crippen molar-refractivity contribution in [1.82, 2.24) is 15.1 Å². The molecule has 9 nitrogen and oxygen atoms in total. The standard InChI is InChI=1S/C27H35N3O6/c31-24-8-7-22(25(32)28-24)30-14-17-13-19(5-6-20(17)26(30)33)36-23-4-2-1-3-21(23)29-15-27(34,16-29)18-9-11-35-12-10-18/h5-6,13,18,21-23,34H,1-4,7-12,14-16H2,(H,28,31,32)/t21-,22?,23-/m1/s1.